The summed E-state index contributed by atoms with van der Waals surface area (Å²) in [7, 11) is 0. The van der Waals surface area contributed by atoms with Gasteiger partial charge in [-0.1, -0.05) is 63.3 Å². The van der Waals surface area contributed by atoms with Gasteiger partial charge in [0.05, 0.1) is 12.6 Å². The lowest BCUT2D eigenvalue weighted by atomic mass is 9.76. The zero-order valence-corrected chi connectivity index (χ0v) is 21.0. The van der Waals surface area contributed by atoms with Crippen molar-refractivity contribution in [2.45, 2.75) is 51.5 Å². The van der Waals surface area contributed by atoms with Crippen molar-refractivity contribution in [2.24, 2.45) is 5.92 Å². The molecule has 1 aliphatic carbocycles. The Balaban J connectivity index is 1.39. The minimum atomic E-state index is -0.0868. The summed E-state index contributed by atoms with van der Waals surface area (Å²) in [5, 5.41) is 6.89. The number of benzene rings is 3. The van der Waals surface area contributed by atoms with Gasteiger partial charge in [0.1, 0.15) is 5.75 Å². The van der Waals surface area contributed by atoms with Gasteiger partial charge < -0.3 is 15.4 Å². The third-order valence-electron chi connectivity index (χ3n) is 7.19. The number of hydrogen-bond acceptors (Lipinski definition) is 3. The molecule has 2 aliphatic rings. The van der Waals surface area contributed by atoms with E-state index in [0.717, 1.165) is 23.5 Å². The molecule has 1 aliphatic heterocycles. The molecule has 0 saturated carbocycles. The second kappa shape index (κ2) is 9.26. The quantitative estimate of drug-likeness (QED) is 0.384. The summed E-state index contributed by atoms with van der Waals surface area (Å²) in [5.41, 5.74) is 6.31. The van der Waals surface area contributed by atoms with Gasteiger partial charge in [-0.2, -0.15) is 0 Å². The number of rotatable bonds is 5. The Bertz CT molecular complexity index is 1250. The summed E-state index contributed by atoms with van der Waals surface area (Å²) in [6.07, 6.45) is 5.61. The first-order chi connectivity index (χ1) is 16.8. The number of ether oxygens (including phenoxy) is 1. The van der Waals surface area contributed by atoms with E-state index < -0.39 is 0 Å². The Labute approximate surface area is 208 Å². The minimum Gasteiger partial charge on any atom is -0.494 e. The number of fused-ring (bicyclic) bond motifs is 3. The molecule has 5 rings (SSSR count). The van der Waals surface area contributed by atoms with Gasteiger partial charge in [0, 0.05) is 28.4 Å². The standard InChI is InChI=1S/C31H34N2O2/c1-5-35-28-12-7-6-9-25(28)29-24-11-8-10-23(24)26-19-22(17-18-27(26)33-29)32-30(34)20-13-15-21(16-14-20)31(2,3)4/h6-10,12-19,23-24,29,33H,5,11H2,1-4H3,(H,32,34). The van der Waals surface area contributed by atoms with Crippen LogP contribution in [0.1, 0.15) is 73.1 Å². The van der Waals surface area contributed by atoms with Gasteiger partial charge in [-0.3, -0.25) is 4.79 Å². The van der Waals surface area contributed by atoms with Crippen molar-refractivity contribution in [3.05, 3.63) is 101 Å². The van der Waals surface area contributed by atoms with Crippen LogP contribution >= 0.6 is 0 Å². The van der Waals surface area contributed by atoms with E-state index in [-0.39, 0.29) is 17.4 Å². The zero-order valence-electron chi connectivity index (χ0n) is 21.0. The maximum absolute atomic E-state index is 13.0. The Morgan fingerprint density at radius 2 is 1.80 bits per heavy atom. The highest BCUT2D eigenvalue weighted by atomic mass is 16.5. The molecule has 3 aromatic carbocycles. The molecule has 1 amide bonds. The first-order valence-electron chi connectivity index (χ1n) is 12.6. The van der Waals surface area contributed by atoms with Crippen LogP contribution in [0.5, 0.6) is 5.75 Å². The predicted molar refractivity (Wildman–Crippen MR) is 143 cm³/mol. The molecular weight excluding hydrogens is 432 g/mol. The summed E-state index contributed by atoms with van der Waals surface area (Å²) < 4.78 is 5.95. The maximum Gasteiger partial charge on any atom is 0.255 e. The molecule has 4 nitrogen and oxygen atoms in total. The Morgan fingerprint density at radius 3 is 2.54 bits per heavy atom. The largest absolute Gasteiger partial charge is 0.494 e. The third-order valence-corrected chi connectivity index (χ3v) is 7.19. The third kappa shape index (κ3) is 4.58. The highest BCUT2D eigenvalue weighted by Gasteiger charge is 2.39. The second-order valence-electron chi connectivity index (χ2n) is 10.5. The van der Waals surface area contributed by atoms with E-state index in [4.69, 9.17) is 4.74 Å². The van der Waals surface area contributed by atoms with Crippen LogP contribution in [0, 0.1) is 5.92 Å². The van der Waals surface area contributed by atoms with Crippen LogP contribution in [0.15, 0.2) is 78.9 Å². The number of nitrogens with one attached hydrogen (secondary N) is 2. The Morgan fingerprint density at radius 1 is 1.03 bits per heavy atom. The van der Waals surface area contributed by atoms with E-state index in [0.29, 0.717) is 24.0 Å². The normalized spacial score (nSPS) is 20.5. The van der Waals surface area contributed by atoms with E-state index in [2.05, 4.69) is 73.9 Å². The number of amides is 1. The van der Waals surface area contributed by atoms with Gasteiger partial charge in [-0.05, 0) is 72.2 Å². The first-order valence-corrected chi connectivity index (χ1v) is 12.6. The van der Waals surface area contributed by atoms with Crippen LogP contribution in [0.4, 0.5) is 11.4 Å². The minimum absolute atomic E-state index is 0.0624. The van der Waals surface area contributed by atoms with Gasteiger partial charge in [0.15, 0.2) is 0 Å². The monoisotopic (exact) mass is 466 g/mol. The molecule has 3 atom stereocenters. The predicted octanol–water partition coefficient (Wildman–Crippen LogP) is 7.46. The lowest BCUT2D eigenvalue weighted by molar-refractivity contribution is 0.102. The lowest BCUT2D eigenvalue weighted by Crippen LogP contribution is -2.29. The molecule has 4 heteroatoms. The summed E-state index contributed by atoms with van der Waals surface area (Å²) in [5.74, 6) is 1.56. The number of carbonyl (C=O) groups excluding carboxylic acids is 1. The van der Waals surface area contributed by atoms with Gasteiger partial charge in [0.2, 0.25) is 0 Å². The molecular formula is C31H34N2O2. The topological polar surface area (TPSA) is 50.4 Å². The van der Waals surface area contributed by atoms with Crippen molar-refractivity contribution in [3.63, 3.8) is 0 Å². The van der Waals surface area contributed by atoms with Gasteiger partial charge in [0.25, 0.3) is 5.91 Å². The SMILES string of the molecule is CCOc1ccccc1C1Nc2ccc(NC(=O)c3ccc(C(C)(C)C)cc3)cc2C2C=CCC21. The van der Waals surface area contributed by atoms with E-state index in [1.165, 1.54) is 16.7 Å². The number of anilines is 2. The smallest absolute Gasteiger partial charge is 0.255 e. The second-order valence-corrected chi connectivity index (χ2v) is 10.5. The van der Waals surface area contributed by atoms with Crippen LogP contribution in [-0.2, 0) is 5.41 Å². The molecule has 35 heavy (non-hydrogen) atoms. The van der Waals surface area contributed by atoms with E-state index in [1.54, 1.807) is 0 Å². The summed E-state index contributed by atoms with van der Waals surface area (Å²) in [6.45, 7) is 9.19. The van der Waals surface area contributed by atoms with Crippen molar-refractivity contribution in [1.29, 1.82) is 0 Å². The first kappa shape index (κ1) is 23.2. The van der Waals surface area contributed by atoms with E-state index >= 15 is 0 Å². The number of hydrogen-bond donors (Lipinski definition) is 2. The highest BCUT2D eigenvalue weighted by molar-refractivity contribution is 6.04. The highest BCUT2D eigenvalue weighted by Crippen LogP contribution is 2.51. The summed E-state index contributed by atoms with van der Waals surface area (Å²) >= 11 is 0. The summed E-state index contributed by atoms with van der Waals surface area (Å²) in [6, 6.07) is 22.6. The van der Waals surface area contributed by atoms with E-state index in [9.17, 15) is 4.79 Å². The molecule has 1 heterocycles. The molecule has 0 saturated heterocycles. The van der Waals surface area contributed by atoms with Crippen LogP contribution < -0.4 is 15.4 Å². The zero-order chi connectivity index (χ0) is 24.6. The van der Waals surface area contributed by atoms with Gasteiger partial charge in [-0.25, -0.2) is 0 Å². The lowest BCUT2D eigenvalue weighted by Gasteiger charge is -2.38. The average Bonchev–Trinajstić information content (AvgIpc) is 3.34. The fourth-order valence-corrected chi connectivity index (χ4v) is 5.33. The van der Waals surface area contributed by atoms with E-state index in [1.807, 2.05) is 43.3 Å². The molecule has 2 N–H and O–H groups in total. The molecule has 3 aromatic rings. The fourth-order valence-electron chi connectivity index (χ4n) is 5.33. The van der Waals surface area contributed by atoms with Crippen LogP contribution in [0.25, 0.3) is 0 Å². The summed E-state index contributed by atoms with van der Waals surface area (Å²) in [4.78, 5) is 13.0. The molecule has 0 fully saturated rings. The molecule has 3 unspecified atom stereocenters. The van der Waals surface area contributed by atoms with Crippen molar-refractivity contribution < 1.29 is 9.53 Å². The molecule has 0 bridgehead atoms. The van der Waals surface area contributed by atoms with Gasteiger partial charge >= 0.3 is 0 Å². The van der Waals surface area contributed by atoms with Gasteiger partial charge in [-0.15, -0.1) is 0 Å². The van der Waals surface area contributed by atoms with Crippen molar-refractivity contribution >= 4 is 17.3 Å². The average molecular weight is 467 g/mol. The van der Waals surface area contributed by atoms with Crippen molar-refractivity contribution in [1.82, 2.24) is 0 Å². The molecule has 180 valence electrons. The number of carbonyl (C=O) groups is 1. The van der Waals surface area contributed by atoms with Crippen LogP contribution in [-0.4, -0.2) is 12.5 Å². The molecule has 0 aromatic heterocycles. The number of para-hydroxylation sites is 1. The number of allylic oxidation sites excluding steroid dienone is 2. The molecule has 0 radical (unpaired) electrons. The van der Waals surface area contributed by atoms with Crippen LogP contribution in [0.2, 0.25) is 0 Å². The maximum atomic E-state index is 13.0. The Kier molecular flexibility index (Phi) is 6.14. The van der Waals surface area contributed by atoms with Crippen molar-refractivity contribution in [3.8, 4) is 5.75 Å². The van der Waals surface area contributed by atoms with Crippen LogP contribution in [0.3, 0.4) is 0 Å². The fraction of sp³-hybridized carbons (Fsp3) is 0.323. The van der Waals surface area contributed by atoms with Crippen molar-refractivity contribution in [2.75, 3.05) is 17.2 Å². The molecule has 0 spiro atoms. The Hall–Kier alpha value is -3.53.